The zero-order valence-corrected chi connectivity index (χ0v) is 17.2. The van der Waals surface area contributed by atoms with Gasteiger partial charge in [0, 0.05) is 0 Å². The Labute approximate surface area is 171 Å². The van der Waals surface area contributed by atoms with Crippen molar-refractivity contribution in [2.75, 3.05) is 0 Å². The summed E-state index contributed by atoms with van der Waals surface area (Å²) in [6.45, 7) is 0.368. The second-order valence-electron chi connectivity index (χ2n) is 6.04. The molecular weight excluding hydrogens is 473 g/mol. The summed E-state index contributed by atoms with van der Waals surface area (Å²) in [5.41, 5.74) is 1.76. The van der Waals surface area contributed by atoms with E-state index in [1.165, 1.54) is 0 Å². The average Bonchev–Trinajstić information content (AvgIpc) is 3.05. The Kier molecular flexibility index (Phi) is 4.92. The first-order valence-electron chi connectivity index (χ1n) is 8.34. The third-order valence-electron chi connectivity index (χ3n) is 4.26. The predicted octanol–water partition coefficient (Wildman–Crippen LogP) is 5.18. The molecule has 4 nitrogen and oxygen atoms in total. The van der Waals surface area contributed by atoms with Gasteiger partial charge in [-0.25, -0.2) is 8.42 Å². The Hall–Kier alpha value is -2.32. The summed E-state index contributed by atoms with van der Waals surface area (Å²) in [5.74, 6) is 0.546. The lowest BCUT2D eigenvalue weighted by atomic mass is 10.2. The molecule has 4 aromatic rings. The van der Waals surface area contributed by atoms with Gasteiger partial charge in [-0.15, -0.1) is 0 Å². The summed E-state index contributed by atoms with van der Waals surface area (Å²) in [7, 11) is -3.68. The zero-order valence-electron chi connectivity index (χ0n) is 14.2. The molecule has 6 heteroatoms. The summed E-state index contributed by atoms with van der Waals surface area (Å²) in [5, 5.41) is 0.585. The van der Waals surface area contributed by atoms with E-state index >= 15 is 0 Å². The third-order valence-corrected chi connectivity index (χ3v) is 7.27. The van der Waals surface area contributed by atoms with E-state index in [1.807, 2.05) is 65.1 Å². The van der Waals surface area contributed by atoms with Crippen LogP contribution < -0.4 is 4.74 Å². The molecule has 0 fully saturated rings. The number of benzene rings is 3. The van der Waals surface area contributed by atoms with Crippen LogP contribution in [0.3, 0.4) is 0 Å². The minimum atomic E-state index is -3.68. The number of H-pyrrole nitrogens is 1. The van der Waals surface area contributed by atoms with Crippen LogP contribution in [-0.2, 0) is 16.4 Å². The van der Waals surface area contributed by atoms with E-state index < -0.39 is 9.84 Å². The summed E-state index contributed by atoms with van der Waals surface area (Å²) < 4.78 is 33.1. The number of halogens is 1. The van der Waals surface area contributed by atoms with Gasteiger partial charge in [-0.1, -0.05) is 54.6 Å². The largest absolute Gasteiger partial charge is 0.488 e. The number of sulfone groups is 1. The van der Waals surface area contributed by atoms with Gasteiger partial charge in [-0.3, -0.25) is 0 Å². The topological polar surface area (TPSA) is 59.2 Å². The molecule has 136 valence electrons. The van der Waals surface area contributed by atoms with Crippen LogP contribution in [-0.4, -0.2) is 13.4 Å². The minimum absolute atomic E-state index is 0.257. The molecule has 0 atom stereocenters. The molecular formula is C21H16INO3S. The van der Waals surface area contributed by atoms with E-state index in [9.17, 15) is 8.42 Å². The fourth-order valence-corrected chi connectivity index (χ4v) is 5.93. The fourth-order valence-electron chi connectivity index (χ4n) is 2.98. The van der Waals surface area contributed by atoms with Crippen molar-refractivity contribution >= 4 is 43.3 Å². The molecule has 0 saturated carbocycles. The Morgan fingerprint density at radius 2 is 1.52 bits per heavy atom. The zero-order chi connectivity index (χ0) is 18.9. The number of fused-ring (bicyclic) bond motifs is 1. The van der Waals surface area contributed by atoms with E-state index in [2.05, 4.69) is 4.98 Å². The van der Waals surface area contributed by atoms with Gasteiger partial charge in [0.15, 0.2) is 0 Å². The summed E-state index contributed by atoms with van der Waals surface area (Å²) in [4.78, 5) is 3.69. The third kappa shape index (κ3) is 3.46. The number of aromatic nitrogens is 1. The standard InChI is InChI=1S/C21H16INO3S/c22-21-20(27(24,25)16-10-5-2-6-11-16)19-17(23-21)12-7-13-18(19)26-14-15-8-3-1-4-9-15/h1-13,23H,14H2. The second-order valence-corrected chi connectivity index (χ2v) is 9.00. The highest BCUT2D eigenvalue weighted by Gasteiger charge is 2.27. The van der Waals surface area contributed by atoms with E-state index in [0.717, 1.165) is 11.1 Å². The molecule has 3 aromatic carbocycles. The molecule has 4 rings (SSSR count). The Morgan fingerprint density at radius 3 is 2.22 bits per heavy atom. The fraction of sp³-hybridized carbons (Fsp3) is 0.0476. The minimum Gasteiger partial charge on any atom is -0.488 e. The van der Waals surface area contributed by atoms with Crippen LogP contribution in [0.4, 0.5) is 0 Å². The molecule has 0 unspecified atom stereocenters. The van der Waals surface area contributed by atoms with Crippen molar-refractivity contribution in [3.8, 4) is 5.75 Å². The monoisotopic (exact) mass is 489 g/mol. The summed E-state index contributed by atoms with van der Waals surface area (Å²) >= 11 is 2.03. The van der Waals surface area contributed by atoms with Crippen molar-refractivity contribution in [3.05, 3.63) is 88.1 Å². The molecule has 1 heterocycles. The normalized spacial score (nSPS) is 11.6. The molecule has 1 N–H and O–H groups in total. The lowest BCUT2D eigenvalue weighted by Gasteiger charge is -2.10. The lowest BCUT2D eigenvalue weighted by Crippen LogP contribution is -2.04. The molecule has 0 aliphatic carbocycles. The molecule has 0 radical (unpaired) electrons. The van der Waals surface area contributed by atoms with Gasteiger partial charge >= 0.3 is 0 Å². The van der Waals surface area contributed by atoms with Crippen LogP contribution >= 0.6 is 22.6 Å². The highest BCUT2D eigenvalue weighted by Crippen LogP contribution is 2.38. The van der Waals surface area contributed by atoms with Gasteiger partial charge in [-0.2, -0.15) is 0 Å². The maximum atomic E-state index is 13.3. The van der Waals surface area contributed by atoms with Crippen molar-refractivity contribution in [3.63, 3.8) is 0 Å². The number of nitrogens with one attached hydrogen (secondary N) is 1. The molecule has 27 heavy (non-hydrogen) atoms. The predicted molar refractivity (Wildman–Crippen MR) is 114 cm³/mol. The first kappa shape index (κ1) is 18.1. The van der Waals surface area contributed by atoms with Gasteiger partial charge in [0.25, 0.3) is 0 Å². The quantitative estimate of drug-likeness (QED) is 0.393. The van der Waals surface area contributed by atoms with E-state index in [4.69, 9.17) is 4.74 Å². The number of hydrogen-bond donors (Lipinski definition) is 1. The van der Waals surface area contributed by atoms with Crippen molar-refractivity contribution < 1.29 is 13.2 Å². The molecule has 0 aliphatic rings. The van der Waals surface area contributed by atoms with Crippen molar-refractivity contribution in [1.82, 2.24) is 4.98 Å². The van der Waals surface area contributed by atoms with Crippen LogP contribution in [0.2, 0.25) is 0 Å². The number of aromatic amines is 1. The number of ether oxygens (including phenoxy) is 1. The smallest absolute Gasteiger partial charge is 0.209 e. The van der Waals surface area contributed by atoms with E-state index in [0.29, 0.717) is 21.4 Å². The number of rotatable bonds is 5. The van der Waals surface area contributed by atoms with Crippen molar-refractivity contribution in [2.24, 2.45) is 0 Å². The Balaban J connectivity index is 1.83. The highest BCUT2D eigenvalue weighted by molar-refractivity contribution is 14.1. The van der Waals surface area contributed by atoms with E-state index in [-0.39, 0.29) is 9.79 Å². The van der Waals surface area contributed by atoms with Crippen molar-refractivity contribution in [1.29, 1.82) is 0 Å². The van der Waals surface area contributed by atoms with Crippen LogP contribution in [0.25, 0.3) is 10.9 Å². The molecule has 0 bridgehead atoms. The molecule has 0 saturated heterocycles. The van der Waals surface area contributed by atoms with Gasteiger partial charge in [0.05, 0.1) is 19.5 Å². The lowest BCUT2D eigenvalue weighted by molar-refractivity contribution is 0.309. The molecule has 0 aliphatic heterocycles. The highest BCUT2D eigenvalue weighted by atomic mass is 127. The average molecular weight is 489 g/mol. The van der Waals surface area contributed by atoms with E-state index in [1.54, 1.807) is 36.4 Å². The maximum Gasteiger partial charge on any atom is 0.209 e. The number of hydrogen-bond acceptors (Lipinski definition) is 3. The second kappa shape index (κ2) is 7.36. The van der Waals surface area contributed by atoms with Crippen LogP contribution in [0.5, 0.6) is 5.75 Å². The van der Waals surface area contributed by atoms with Crippen LogP contribution in [0.1, 0.15) is 5.56 Å². The van der Waals surface area contributed by atoms with Crippen LogP contribution in [0, 0.1) is 3.70 Å². The Morgan fingerprint density at radius 1 is 0.852 bits per heavy atom. The summed E-state index contributed by atoms with van der Waals surface area (Å²) in [6.07, 6.45) is 0. The van der Waals surface area contributed by atoms with Gasteiger partial charge in [-0.05, 0) is 52.4 Å². The maximum absolute atomic E-state index is 13.3. The van der Waals surface area contributed by atoms with Crippen molar-refractivity contribution in [2.45, 2.75) is 16.4 Å². The molecule has 0 spiro atoms. The van der Waals surface area contributed by atoms with Crippen LogP contribution in [0.15, 0.2) is 88.7 Å². The SMILES string of the molecule is O=S(=O)(c1ccccc1)c1c(I)[nH]c2cccc(OCc3ccccc3)c12. The van der Waals surface area contributed by atoms with Gasteiger partial charge in [0.1, 0.15) is 17.3 Å². The molecule has 1 aromatic heterocycles. The first-order chi connectivity index (χ1) is 13.1. The van der Waals surface area contributed by atoms with Gasteiger partial charge in [0.2, 0.25) is 9.84 Å². The first-order valence-corrected chi connectivity index (χ1v) is 10.9. The van der Waals surface area contributed by atoms with Gasteiger partial charge < -0.3 is 9.72 Å². The Bertz CT molecular complexity index is 1190. The molecule has 0 amide bonds. The summed E-state index contributed by atoms with van der Waals surface area (Å²) in [6, 6.07) is 23.8.